The summed E-state index contributed by atoms with van der Waals surface area (Å²) < 4.78 is 0.735. The summed E-state index contributed by atoms with van der Waals surface area (Å²) in [4.78, 5) is 11.4. The van der Waals surface area contributed by atoms with E-state index < -0.39 is 11.9 Å². The lowest BCUT2D eigenvalue weighted by molar-refractivity contribution is -0.138. The minimum atomic E-state index is -0.859. The van der Waals surface area contributed by atoms with E-state index in [1.165, 1.54) is 0 Å². The zero-order chi connectivity index (χ0) is 14.5. The van der Waals surface area contributed by atoms with E-state index >= 15 is 0 Å². The van der Waals surface area contributed by atoms with Gasteiger partial charge in [0.1, 0.15) is 0 Å². The Labute approximate surface area is 130 Å². The average molecular weight is 355 g/mol. The Morgan fingerprint density at radius 1 is 1.20 bits per heavy atom. The Hall–Kier alpha value is -1.52. The van der Waals surface area contributed by atoms with Crippen molar-refractivity contribution in [1.82, 2.24) is 0 Å². The fourth-order valence-corrected chi connectivity index (χ4v) is 2.46. The fourth-order valence-electron chi connectivity index (χ4n) is 1.89. The molecule has 0 spiro atoms. The topological polar surface area (TPSA) is 49.3 Å². The van der Waals surface area contributed by atoms with Crippen molar-refractivity contribution in [3.8, 4) is 0 Å². The molecule has 3 nitrogen and oxygen atoms in total. The number of anilines is 1. The van der Waals surface area contributed by atoms with Crippen LogP contribution < -0.4 is 5.32 Å². The van der Waals surface area contributed by atoms with Gasteiger partial charge in [-0.1, -0.05) is 48.0 Å². The van der Waals surface area contributed by atoms with Gasteiger partial charge < -0.3 is 10.4 Å². The molecule has 2 aromatic rings. The Kier molecular flexibility index (Phi) is 5.04. The zero-order valence-corrected chi connectivity index (χ0v) is 12.9. The number of aliphatic carboxylic acids is 1. The van der Waals surface area contributed by atoms with Crippen LogP contribution in [0.3, 0.4) is 0 Å². The fraction of sp³-hybridized carbons (Fsp3) is 0.133. The highest BCUT2D eigenvalue weighted by atomic mass is 79.9. The molecule has 0 amide bonds. The van der Waals surface area contributed by atoms with Gasteiger partial charge in [-0.05, 0) is 33.6 Å². The van der Waals surface area contributed by atoms with Gasteiger partial charge in [-0.3, -0.25) is 4.79 Å². The first-order chi connectivity index (χ1) is 9.59. The average Bonchev–Trinajstić information content (AvgIpc) is 2.44. The zero-order valence-electron chi connectivity index (χ0n) is 10.5. The number of halogens is 2. The van der Waals surface area contributed by atoms with Gasteiger partial charge in [0.05, 0.1) is 15.4 Å². The van der Waals surface area contributed by atoms with Gasteiger partial charge in [-0.15, -0.1) is 0 Å². The molecule has 0 aliphatic heterocycles. The maximum Gasteiger partial charge on any atom is 0.312 e. The second-order valence-corrected chi connectivity index (χ2v) is 5.48. The second-order valence-electron chi connectivity index (χ2n) is 4.28. The van der Waals surface area contributed by atoms with Crippen LogP contribution in [0.15, 0.2) is 53.0 Å². The molecule has 104 valence electrons. The number of hydrogen-bond acceptors (Lipinski definition) is 2. The molecular formula is C15H13BrClNO2. The molecule has 0 fully saturated rings. The van der Waals surface area contributed by atoms with Gasteiger partial charge in [-0.25, -0.2) is 0 Å². The highest BCUT2D eigenvalue weighted by Gasteiger charge is 2.19. The van der Waals surface area contributed by atoms with Gasteiger partial charge in [0.2, 0.25) is 0 Å². The van der Waals surface area contributed by atoms with E-state index in [1.807, 2.05) is 42.5 Å². The van der Waals surface area contributed by atoms with Crippen molar-refractivity contribution in [1.29, 1.82) is 0 Å². The molecular weight excluding hydrogens is 342 g/mol. The molecule has 2 rings (SSSR count). The molecule has 1 unspecified atom stereocenters. The molecule has 0 saturated heterocycles. The molecule has 0 radical (unpaired) electrons. The number of carboxylic acid groups (broad SMARTS) is 1. The molecule has 0 aliphatic rings. The standard InChI is InChI=1S/C15H13BrClNO2/c16-14-12(17)7-4-8-13(14)18-9-11(15(19)20)10-5-2-1-3-6-10/h1-8,11,18H,9H2,(H,19,20). The number of carboxylic acids is 1. The van der Waals surface area contributed by atoms with Crippen LogP contribution in [-0.4, -0.2) is 17.6 Å². The highest BCUT2D eigenvalue weighted by Crippen LogP contribution is 2.30. The number of benzene rings is 2. The van der Waals surface area contributed by atoms with Gasteiger partial charge in [0, 0.05) is 12.2 Å². The molecule has 0 bridgehead atoms. The lowest BCUT2D eigenvalue weighted by atomic mass is 9.99. The first kappa shape index (κ1) is 14.9. The lowest BCUT2D eigenvalue weighted by Gasteiger charge is -2.15. The number of carbonyl (C=O) groups is 1. The van der Waals surface area contributed by atoms with Crippen molar-refractivity contribution in [2.24, 2.45) is 0 Å². The van der Waals surface area contributed by atoms with Crippen molar-refractivity contribution in [3.63, 3.8) is 0 Å². The Balaban J connectivity index is 2.14. The Morgan fingerprint density at radius 2 is 1.90 bits per heavy atom. The van der Waals surface area contributed by atoms with Crippen molar-refractivity contribution in [2.75, 3.05) is 11.9 Å². The molecule has 2 aromatic carbocycles. The van der Waals surface area contributed by atoms with Gasteiger partial charge in [-0.2, -0.15) is 0 Å². The summed E-state index contributed by atoms with van der Waals surface area (Å²) in [5, 5.41) is 13.1. The minimum absolute atomic E-state index is 0.290. The first-order valence-corrected chi connectivity index (χ1v) is 7.22. The maximum absolute atomic E-state index is 11.4. The van der Waals surface area contributed by atoms with Crippen LogP contribution in [0.2, 0.25) is 5.02 Å². The summed E-state index contributed by atoms with van der Waals surface area (Å²) in [5.74, 6) is -1.47. The smallest absolute Gasteiger partial charge is 0.312 e. The van der Waals surface area contributed by atoms with Gasteiger partial charge in [0.25, 0.3) is 0 Å². The summed E-state index contributed by atoms with van der Waals surface area (Å²) in [6, 6.07) is 14.6. The normalized spacial score (nSPS) is 11.9. The second kappa shape index (κ2) is 6.77. The van der Waals surface area contributed by atoms with Crippen LogP contribution in [0.1, 0.15) is 11.5 Å². The SMILES string of the molecule is O=C(O)C(CNc1cccc(Cl)c1Br)c1ccccc1. The largest absolute Gasteiger partial charge is 0.481 e. The van der Waals surface area contributed by atoms with E-state index in [0.29, 0.717) is 5.02 Å². The summed E-state index contributed by atoms with van der Waals surface area (Å²) in [7, 11) is 0. The summed E-state index contributed by atoms with van der Waals surface area (Å²) in [6.45, 7) is 0.290. The molecule has 1 atom stereocenters. The van der Waals surface area contributed by atoms with Crippen LogP contribution >= 0.6 is 27.5 Å². The Bertz CT molecular complexity index is 604. The van der Waals surface area contributed by atoms with Crippen LogP contribution in [0.5, 0.6) is 0 Å². The van der Waals surface area contributed by atoms with Gasteiger partial charge in [0.15, 0.2) is 0 Å². The number of nitrogens with one attached hydrogen (secondary N) is 1. The Morgan fingerprint density at radius 3 is 2.55 bits per heavy atom. The third-order valence-corrected chi connectivity index (χ3v) is 4.35. The predicted molar refractivity (Wildman–Crippen MR) is 84.5 cm³/mol. The van der Waals surface area contributed by atoms with Crippen LogP contribution in [-0.2, 0) is 4.79 Å². The minimum Gasteiger partial charge on any atom is -0.481 e. The van der Waals surface area contributed by atoms with E-state index in [1.54, 1.807) is 6.07 Å². The van der Waals surface area contributed by atoms with Gasteiger partial charge >= 0.3 is 5.97 Å². The van der Waals surface area contributed by atoms with Crippen LogP contribution in [0.25, 0.3) is 0 Å². The molecule has 0 heterocycles. The molecule has 2 N–H and O–H groups in total. The van der Waals surface area contributed by atoms with Crippen molar-refractivity contribution >= 4 is 39.2 Å². The molecule has 0 saturated carbocycles. The monoisotopic (exact) mass is 353 g/mol. The lowest BCUT2D eigenvalue weighted by Crippen LogP contribution is -2.21. The molecule has 0 aliphatic carbocycles. The first-order valence-electron chi connectivity index (χ1n) is 6.05. The van der Waals surface area contributed by atoms with E-state index in [9.17, 15) is 9.90 Å². The summed E-state index contributed by atoms with van der Waals surface area (Å²) in [5.41, 5.74) is 1.55. The van der Waals surface area contributed by atoms with Crippen LogP contribution in [0, 0.1) is 0 Å². The molecule has 5 heteroatoms. The predicted octanol–water partition coefficient (Wildman–Crippen LogP) is 4.38. The van der Waals surface area contributed by atoms with E-state index in [-0.39, 0.29) is 6.54 Å². The van der Waals surface area contributed by atoms with E-state index in [0.717, 1.165) is 15.7 Å². The van der Waals surface area contributed by atoms with Crippen molar-refractivity contribution in [2.45, 2.75) is 5.92 Å². The third-order valence-electron chi connectivity index (χ3n) is 2.95. The number of hydrogen-bond donors (Lipinski definition) is 2. The van der Waals surface area contributed by atoms with Crippen LogP contribution in [0.4, 0.5) is 5.69 Å². The maximum atomic E-state index is 11.4. The number of rotatable bonds is 5. The molecule has 0 aromatic heterocycles. The van der Waals surface area contributed by atoms with Crippen molar-refractivity contribution < 1.29 is 9.90 Å². The van der Waals surface area contributed by atoms with E-state index in [2.05, 4.69) is 21.2 Å². The molecule has 20 heavy (non-hydrogen) atoms. The third kappa shape index (κ3) is 3.52. The summed E-state index contributed by atoms with van der Waals surface area (Å²) >= 11 is 9.39. The summed E-state index contributed by atoms with van der Waals surface area (Å²) in [6.07, 6.45) is 0. The van der Waals surface area contributed by atoms with Crippen molar-refractivity contribution in [3.05, 3.63) is 63.6 Å². The highest BCUT2D eigenvalue weighted by molar-refractivity contribution is 9.10. The quantitative estimate of drug-likeness (QED) is 0.837. The van der Waals surface area contributed by atoms with E-state index in [4.69, 9.17) is 11.6 Å².